The lowest BCUT2D eigenvalue weighted by molar-refractivity contribution is 0.0659. The van der Waals surface area contributed by atoms with E-state index in [1.54, 1.807) is 0 Å². The minimum absolute atomic E-state index is 0.0398. The highest BCUT2D eigenvalue weighted by molar-refractivity contribution is 5.83. The van der Waals surface area contributed by atoms with Crippen LogP contribution in [-0.4, -0.2) is 28.8 Å². The van der Waals surface area contributed by atoms with E-state index in [-0.39, 0.29) is 30.1 Å². The maximum Gasteiger partial charge on any atom is 0.407 e. The van der Waals surface area contributed by atoms with E-state index in [0.29, 0.717) is 6.42 Å². The van der Waals surface area contributed by atoms with E-state index >= 15 is 0 Å². The first-order valence-electron chi connectivity index (χ1n) is 10.2. The van der Waals surface area contributed by atoms with Crippen molar-refractivity contribution >= 4 is 12.1 Å². The van der Waals surface area contributed by atoms with Crippen LogP contribution in [-0.2, 0) is 4.74 Å². The monoisotopic (exact) mass is 420 g/mol. The van der Waals surface area contributed by atoms with Crippen molar-refractivity contribution in [1.82, 2.24) is 10.3 Å². The quantitative estimate of drug-likeness (QED) is 0.558. The summed E-state index contributed by atoms with van der Waals surface area (Å²) in [6.45, 7) is 4.18. The topological polar surface area (TPSA) is 102 Å². The van der Waals surface area contributed by atoms with Gasteiger partial charge in [-0.15, -0.1) is 0 Å². The SMILES string of the molecule is CC(C)CC(NC(=O)OCC1c2ccccc2-c2ccccc21)c1ncc(C(=O)O)o1. The van der Waals surface area contributed by atoms with Gasteiger partial charge in [-0.1, -0.05) is 62.4 Å². The van der Waals surface area contributed by atoms with Crippen LogP contribution in [0.5, 0.6) is 0 Å². The van der Waals surface area contributed by atoms with Crippen molar-refractivity contribution in [1.29, 1.82) is 0 Å². The zero-order valence-corrected chi connectivity index (χ0v) is 17.4. The summed E-state index contributed by atoms with van der Waals surface area (Å²) in [4.78, 5) is 27.7. The highest BCUT2D eigenvalue weighted by atomic mass is 16.5. The van der Waals surface area contributed by atoms with Crippen LogP contribution < -0.4 is 5.32 Å². The number of nitrogens with zero attached hydrogens (tertiary/aromatic N) is 1. The minimum Gasteiger partial charge on any atom is -0.475 e. The molecule has 0 spiro atoms. The molecule has 2 N–H and O–H groups in total. The Morgan fingerprint density at radius 1 is 1.10 bits per heavy atom. The molecule has 4 rings (SSSR count). The maximum atomic E-state index is 12.6. The van der Waals surface area contributed by atoms with Gasteiger partial charge in [0.25, 0.3) is 0 Å². The van der Waals surface area contributed by atoms with E-state index in [4.69, 9.17) is 14.3 Å². The molecule has 160 valence electrons. The number of hydrogen-bond acceptors (Lipinski definition) is 5. The lowest BCUT2D eigenvalue weighted by Gasteiger charge is -2.19. The number of carboxylic acids is 1. The zero-order valence-electron chi connectivity index (χ0n) is 17.4. The number of hydrogen-bond donors (Lipinski definition) is 2. The molecule has 0 saturated carbocycles. The van der Waals surface area contributed by atoms with Gasteiger partial charge in [0.2, 0.25) is 11.7 Å². The largest absolute Gasteiger partial charge is 0.475 e. The molecule has 7 nitrogen and oxygen atoms in total. The Hall–Kier alpha value is -3.61. The van der Waals surface area contributed by atoms with Crippen LogP contribution >= 0.6 is 0 Å². The van der Waals surface area contributed by atoms with Crippen LogP contribution in [0.4, 0.5) is 4.79 Å². The predicted molar refractivity (Wildman–Crippen MR) is 114 cm³/mol. The molecule has 3 aromatic rings. The van der Waals surface area contributed by atoms with Crippen molar-refractivity contribution in [3.63, 3.8) is 0 Å². The Kier molecular flexibility index (Phi) is 5.75. The lowest BCUT2D eigenvalue weighted by Crippen LogP contribution is -2.31. The second-order valence-electron chi connectivity index (χ2n) is 8.02. The van der Waals surface area contributed by atoms with Gasteiger partial charge >= 0.3 is 12.1 Å². The van der Waals surface area contributed by atoms with Gasteiger partial charge < -0.3 is 19.6 Å². The summed E-state index contributed by atoms with van der Waals surface area (Å²) in [7, 11) is 0. The first kappa shape index (κ1) is 20.7. The van der Waals surface area contributed by atoms with E-state index in [1.807, 2.05) is 38.1 Å². The van der Waals surface area contributed by atoms with Crippen LogP contribution in [0.25, 0.3) is 11.1 Å². The molecular formula is C24H24N2O5. The summed E-state index contributed by atoms with van der Waals surface area (Å²) in [5.74, 6) is -1.14. The third-order valence-electron chi connectivity index (χ3n) is 5.38. The Morgan fingerprint density at radius 2 is 1.71 bits per heavy atom. The number of fused-ring (bicyclic) bond motifs is 3. The molecule has 0 radical (unpaired) electrons. The van der Waals surface area contributed by atoms with Gasteiger partial charge in [-0.3, -0.25) is 0 Å². The van der Waals surface area contributed by atoms with Gasteiger partial charge in [0.15, 0.2) is 0 Å². The summed E-state index contributed by atoms with van der Waals surface area (Å²) in [6.07, 6.45) is 1.08. The van der Waals surface area contributed by atoms with E-state index in [9.17, 15) is 9.59 Å². The Balaban J connectivity index is 1.47. The average molecular weight is 420 g/mol. The number of carbonyl (C=O) groups excluding carboxylic acids is 1. The number of aromatic nitrogens is 1. The van der Waals surface area contributed by atoms with Gasteiger partial charge in [0, 0.05) is 5.92 Å². The molecule has 1 aliphatic rings. The highest BCUT2D eigenvalue weighted by Gasteiger charge is 2.30. The van der Waals surface area contributed by atoms with E-state index < -0.39 is 18.1 Å². The second-order valence-corrected chi connectivity index (χ2v) is 8.02. The molecule has 1 heterocycles. The number of rotatable bonds is 7. The normalized spacial score (nSPS) is 13.5. The summed E-state index contributed by atoms with van der Waals surface area (Å²) in [6, 6.07) is 15.7. The van der Waals surface area contributed by atoms with Gasteiger partial charge in [-0.2, -0.15) is 0 Å². The van der Waals surface area contributed by atoms with Crippen LogP contribution in [0.2, 0.25) is 0 Å². The summed E-state index contributed by atoms with van der Waals surface area (Å²) >= 11 is 0. The average Bonchev–Trinajstić information content (AvgIpc) is 3.35. The zero-order chi connectivity index (χ0) is 22.0. The Bertz CT molecular complexity index is 1060. The fourth-order valence-corrected chi connectivity index (χ4v) is 4.02. The highest BCUT2D eigenvalue weighted by Crippen LogP contribution is 2.44. The number of nitrogens with one attached hydrogen (secondary N) is 1. The van der Waals surface area contributed by atoms with Gasteiger partial charge in [-0.05, 0) is 34.6 Å². The maximum absolute atomic E-state index is 12.6. The van der Waals surface area contributed by atoms with Crippen LogP contribution in [0, 0.1) is 5.92 Å². The predicted octanol–water partition coefficient (Wildman–Crippen LogP) is 5.00. The molecule has 1 aromatic heterocycles. The number of ether oxygens (including phenoxy) is 1. The lowest BCUT2D eigenvalue weighted by atomic mass is 9.98. The first-order chi connectivity index (χ1) is 14.9. The van der Waals surface area contributed by atoms with Crippen molar-refractivity contribution < 1.29 is 23.8 Å². The first-order valence-corrected chi connectivity index (χ1v) is 10.2. The Labute approximate surface area is 180 Å². The van der Waals surface area contributed by atoms with Crippen LogP contribution in [0.1, 0.15) is 59.8 Å². The van der Waals surface area contributed by atoms with Crippen molar-refractivity contribution in [2.45, 2.75) is 32.2 Å². The van der Waals surface area contributed by atoms with Crippen molar-refractivity contribution in [3.05, 3.63) is 77.5 Å². The fourth-order valence-electron chi connectivity index (χ4n) is 4.02. The third kappa shape index (κ3) is 4.30. The molecule has 0 saturated heterocycles. The van der Waals surface area contributed by atoms with Crippen molar-refractivity contribution in [2.24, 2.45) is 5.92 Å². The number of aromatic carboxylic acids is 1. The second kappa shape index (κ2) is 8.63. The van der Waals surface area contributed by atoms with Crippen LogP contribution in [0.3, 0.4) is 0 Å². The van der Waals surface area contributed by atoms with Crippen molar-refractivity contribution in [2.75, 3.05) is 6.61 Å². The molecule has 1 atom stereocenters. The molecule has 2 aromatic carbocycles. The van der Waals surface area contributed by atoms with Crippen molar-refractivity contribution in [3.8, 4) is 11.1 Å². The standard InChI is InChI=1S/C24H24N2O5/c1-14(2)11-20(22-25-12-21(31-22)23(27)28)26-24(29)30-13-19-17-9-5-3-7-15(17)16-8-4-6-10-18(16)19/h3-10,12,14,19-20H,11,13H2,1-2H3,(H,26,29)(H,27,28). The molecule has 1 amide bonds. The van der Waals surface area contributed by atoms with Gasteiger partial charge in [-0.25, -0.2) is 14.6 Å². The van der Waals surface area contributed by atoms with E-state index in [0.717, 1.165) is 28.5 Å². The number of alkyl carbamates (subject to hydrolysis) is 1. The molecule has 1 unspecified atom stereocenters. The molecule has 0 fully saturated rings. The summed E-state index contributed by atoms with van der Waals surface area (Å²) in [5.41, 5.74) is 4.58. The molecule has 7 heteroatoms. The van der Waals surface area contributed by atoms with E-state index in [1.165, 1.54) is 0 Å². The summed E-state index contributed by atoms with van der Waals surface area (Å²) < 4.78 is 10.9. The smallest absolute Gasteiger partial charge is 0.407 e. The molecule has 1 aliphatic carbocycles. The number of benzene rings is 2. The number of amides is 1. The number of oxazole rings is 1. The van der Waals surface area contributed by atoms with Gasteiger partial charge in [0.05, 0.1) is 6.20 Å². The Morgan fingerprint density at radius 3 is 2.26 bits per heavy atom. The third-order valence-corrected chi connectivity index (χ3v) is 5.38. The molecule has 0 aliphatic heterocycles. The molecule has 0 bridgehead atoms. The van der Waals surface area contributed by atoms with E-state index in [2.05, 4.69) is 34.6 Å². The summed E-state index contributed by atoms with van der Waals surface area (Å²) in [5, 5.41) is 11.8. The minimum atomic E-state index is -1.21. The number of carboxylic acid groups (broad SMARTS) is 1. The molecule has 31 heavy (non-hydrogen) atoms. The number of carbonyl (C=O) groups is 2. The van der Waals surface area contributed by atoms with Crippen LogP contribution in [0.15, 0.2) is 59.1 Å². The van der Waals surface area contributed by atoms with Gasteiger partial charge in [0.1, 0.15) is 12.6 Å². The fraction of sp³-hybridized carbons (Fsp3) is 0.292. The molecular weight excluding hydrogens is 396 g/mol.